The number of hydrogen-bond acceptors (Lipinski definition) is 6. The van der Waals surface area contributed by atoms with Gasteiger partial charge in [0.15, 0.2) is 5.13 Å². The quantitative estimate of drug-likeness (QED) is 0.327. The highest BCUT2D eigenvalue weighted by atomic mass is 32.1. The molecule has 0 bridgehead atoms. The average molecular weight is 443 g/mol. The van der Waals surface area contributed by atoms with E-state index in [2.05, 4.69) is 20.6 Å². The lowest BCUT2D eigenvalue weighted by Gasteiger charge is -2.06. The lowest BCUT2D eigenvalue weighted by atomic mass is 10.2. The molecular weight excluding hydrogens is 420 g/mol. The highest BCUT2D eigenvalue weighted by molar-refractivity contribution is 7.14. The van der Waals surface area contributed by atoms with Crippen LogP contribution in [0, 0.1) is 0 Å². The van der Waals surface area contributed by atoms with Crippen LogP contribution in [-0.2, 0) is 4.79 Å². The summed E-state index contributed by atoms with van der Waals surface area (Å²) in [6, 6.07) is 19.0. The van der Waals surface area contributed by atoms with Crippen LogP contribution >= 0.6 is 11.3 Å². The van der Waals surface area contributed by atoms with Crippen LogP contribution in [0.3, 0.4) is 0 Å². The zero-order valence-electron chi connectivity index (χ0n) is 17.5. The summed E-state index contributed by atoms with van der Waals surface area (Å²) in [7, 11) is 0. The Morgan fingerprint density at radius 2 is 1.72 bits per heavy atom. The molecule has 0 aliphatic heterocycles. The molecular formula is C25H22N4O2S. The predicted molar refractivity (Wildman–Crippen MR) is 130 cm³/mol. The maximum absolute atomic E-state index is 12.2. The fourth-order valence-electron chi connectivity index (χ4n) is 2.94. The second-order valence-corrected chi connectivity index (χ2v) is 7.66. The minimum absolute atomic E-state index is 0.193. The van der Waals surface area contributed by atoms with E-state index in [9.17, 15) is 4.79 Å². The first-order valence-corrected chi connectivity index (χ1v) is 11.0. The highest BCUT2D eigenvalue weighted by Crippen LogP contribution is 2.27. The van der Waals surface area contributed by atoms with Gasteiger partial charge < -0.3 is 15.4 Å². The van der Waals surface area contributed by atoms with Crippen LogP contribution in [0.5, 0.6) is 5.75 Å². The molecule has 32 heavy (non-hydrogen) atoms. The second-order valence-electron chi connectivity index (χ2n) is 6.80. The molecule has 160 valence electrons. The second kappa shape index (κ2) is 10.4. The number of nitrogens with one attached hydrogen (secondary N) is 2. The van der Waals surface area contributed by atoms with Gasteiger partial charge in [0.05, 0.1) is 12.3 Å². The first-order chi connectivity index (χ1) is 15.7. The summed E-state index contributed by atoms with van der Waals surface area (Å²) in [5.41, 5.74) is 4.47. The van der Waals surface area contributed by atoms with Gasteiger partial charge in [0, 0.05) is 40.8 Å². The van der Waals surface area contributed by atoms with Crippen molar-refractivity contribution in [2.45, 2.75) is 6.92 Å². The number of hydrogen-bond donors (Lipinski definition) is 2. The van der Waals surface area contributed by atoms with Crippen molar-refractivity contribution in [3.63, 3.8) is 0 Å². The topological polar surface area (TPSA) is 76.1 Å². The van der Waals surface area contributed by atoms with Crippen molar-refractivity contribution in [3.05, 3.63) is 90.1 Å². The fraction of sp³-hybridized carbons (Fsp3) is 0.0800. The third-order valence-corrected chi connectivity index (χ3v) is 5.26. The Bertz CT molecular complexity index is 1190. The number of anilines is 3. The van der Waals surface area contributed by atoms with Crippen molar-refractivity contribution in [2.24, 2.45) is 0 Å². The van der Waals surface area contributed by atoms with Gasteiger partial charge in [-0.15, -0.1) is 11.3 Å². The van der Waals surface area contributed by atoms with Crippen molar-refractivity contribution in [1.29, 1.82) is 0 Å². The summed E-state index contributed by atoms with van der Waals surface area (Å²) in [4.78, 5) is 20.9. The Hall–Kier alpha value is -3.97. The number of rotatable bonds is 8. The Morgan fingerprint density at radius 3 is 2.44 bits per heavy atom. The number of ether oxygens (including phenoxy) is 1. The predicted octanol–water partition coefficient (Wildman–Crippen LogP) is 6.00. The van der Waals surface area contributed by atoms with Crippen molar-refractivity contribution >= 4 is 39.8 Å². The number of carbonyl (C=O) groups excluding carboxylic acids is 1. The Labute approximate surface area is 190 Å². The summed E-state index contributed by atoms with van der Waals surface area (Å²) < 4.78 is 5.42. The van der Waals surface area contributed by atoms with E-state index in [1.165, 1.54) is 17.4 Å². The molecule has 2 aromatic heterocycles. The molecule has 0 aliphatic rings. The van der Waals surface area contributed by atoms with Gasteiger partial charge in [-0.3, -0.25) is 9.78 Å². The number of aromatic nitrogens is 2. The molecule has 4 aromatic rings. The molecule has 0 saturated carbocycles. The molecule has 6 nitrogen and oxygen atoms in total. The summed E-state index contributed by atoms with van der Waals surface area (Å²) in [5.74, 6) is 0.621. The van der Waals surface area contributed by atoms with Crippen molar-refractivity contribution in [2.75, 3.05) is 17.2 Å². The number of thiazole rings is 1. The number of carbonyl (C=O) groups is 1. The number of benzene rings is 2. The minimum Gasteiger partial charge on any atom is -0.494 e. The summed E-state index contributed by atoms with van der Waals surface area (Å²) in [6.07, 6.45) is 6.78. The largest absolute Gasteiger partial charge is 0.494 e. The first-order valence-electron chi connectivity index (χ1n) is 10.1. The van der Waals surface area contributed by atoms with Crippen molar-refractivity contribution < 1.29 is 9.53 Å². The molecule has 2 N–H and O–H groups in total. The fourth-order valence-corrected chi connectivity index (χ4v) is 3.68. The molecule has 2 heterocycles. The normalized spacial score (nSPS) is 10.8. The Balaban J connectivity index is 1.31. The highest BCUT2D eigenvalue weighted by Gasteiger charge is 2.05. The maximum atomic E-state index is 12.2. The zero-order chi connectivity index (χ0) is 22.2. The lowest BCUT2D eigenvalue weighted by Crippen LogP contribution is -2.07. The Morgan fingerprint density at radius 1 is 1.00 bits per heavy atom. The van der Waals surface area contributed by atoms with Crippen LogP contribution in [-0.4, -0.2) is 22.5 Å². The average Bonchev–Trinajstić information content (AvgIpc) is 3.29. The summed E-state index contributed by atoms with van der Waals surface area (Å²) >= 11 is 1.53. The van der Waals surface area contributed by atoms with Gasteiger partial charge >= 0.3 is 0 Å². The molecule has 0 atom stereocenters. The van der Waals surface area contributed by atoms with Crippen LogP contribution in [0.2, 0.25) is 0 Å². The zero-order valence-corrected chi connectivity index (χ0v) is 18.3. The molecule has 7 heteroatoms. The molecule has 0 unspecified atom stereocenters. The smallest absolute Gasteiger partial charge is 0.248 e. The van der Waals surface area contributed by atoms with Crippen LogP contribution in [0.15, 0.2) is 84.5 Å². The summed E-state index contributed by atoms with van der Waals surface area (Å²) in [5, 5.41) is 8.95. The SMILES string of the molecule is CCOc1ccc(/C=C/C(=O)Nc2ccc(Nc3nc(-c4ccncc4)cs3)cc2)cc1. The van der Waals surface area contributed by atoms with E-state index < -0.39 is 0 Å². The molecule has 0 aliphatic carbocycles. The van der Waals surface area contributed by atoms with Gasteiger partial charge in [-0.05, 0) is 67.1 Å². The van der Waals surface area contributed by atoms with E-state index >= 15 is 0 Å². The lowest BCUT2D eigenvalue weighted by molar-refractivity contribution is -0.111. The van der Waals surface area contributed by atoms with Gasteiger partial charge in [0.25, 0.3) is 0 Å². The van der Waals surface area contributed by atoms with Crippen LogP contribution < -0.4 is 15.4 Å². The maximum Gasteiger partial charge on any atom is 0.248 e. The molecule has 0 spiro atoms. The van der Waals surface area contributed by atoms with Crippen molar-refractivity contribution in [1.82, 2.24) is 9.97 Å². The third kappa shape index (κ3) is 5.80. The van der Waals surface area contributed by atoms with E-state index in [0.717, 1.165) is 33.4 Å². The number of amides is 1. The molecule has 1 amide bonds. The van der Waals surface area contributed by atoms with Gasteiger partial charge in [0.1, 0.15) is 5.75 Å². The van der Waals surface area contributed by atoms with E-state index in [0.29, 0.717) is 12.3 Å². The van der Waals surface area contributed by atoms with Gasteiger partial charge in [-0.1, -0.05) is 12.1 Å². The van der Waals surface area contributed by atoms with E-state index in [1.807, 2.05) is 73.0 Å². The minimum atomic E-state index is -0.193. The van der Waals surface area contributed by atoms with Crippen LogP contribution in [0.4, 0.5) is 16.5 Å². The third-order valence-electron chi connectivity index (χ3n) is 4.50. The standard InChI is InChI=1S/C25H22N4O2S/c1-2-31-22-10-3-18(4-11-22)5-12-24(30)27-20-6-8-21(9-7-20)28-25-29-23(17-32-25)19-13-15-26-16-14-19/h3-17H,2H2,1H3,(H,27,30)(H,28,29)/b12-5+. The molecule has 2 aromatic carbocycles. The molecule has 0 fully saturated rings. The summed E-state index contributed by atoms with van der Waals surface area (Å²) in [6.45, 7) is 2.57. The first kappa shape index (κ1) is 21.3. The van der Waals surface area contributed by atoms with E-state index in [4.69, 9.17) is 4.74 Å². The van der Waals surface area contributed by atoms with Gasteiger partial charge in [0.2, 0.25) is 5.91 Å². The van der Waals surface area contributed by atoms with Crippen LogP contribution in [0.1, 0.15) is 12.5 Å². The van der Waals surface area contributed by atoms with Crippen LogP contribution in [0.25, 0.3) is 17.3 Å². The Kier molecular flexibility index (Phi) is 6.89. The molecule has 4 rings (SSSR count). The monoisotopic (exact) mass is 442 g/mol. The van der Waals surface area contributed by atoms with Gasteiger partial charge in [-0.25, -0.2) is 4.98 Å². The van der Waals surface area contributed by atoms with E-state index in [-0.39, 0.29) is 5.91 Å². The number of pyridine rings is 1. The number of nitrogens with zero attached hydrogens (tertiary/aromatic N) is 2. The molecule has 0 radical (unpaired) electrons. The van der Waals surface area contributed by atoms with Gasteiger partial charge in [-0.2, -0.15) is 0 Å². The van der Waals surface area contributed by atoms with E-state index in [1.54, 1.807) is 18.5 Å². The van der Waals surface area contributed by atoms with Crippen molar-refractivity contribution in [3.8, 4) is 17.0 Å². The molecule has 0 saturated heterocycles.